The largest absolute Gasteiger partial charge is 0.598 e. The van der Waals surface area contributed by atoms with E-state index in [9.17, 15) is 8.94 Å². The van der Waals surface area contributed by atoms with Gasteiger partial charge < -0.3 is 10.3 Å². The summed E-state index contributed by atoms with van der Waals surface area (Å²) >= 11 is -1.22. The Labute approximate surface area is 164 Å². The summed E-state index contributed by atoms with van der Waals surface area (Å²) in [5, 5.41) is 0. The molecular formula is C21H28FN3OS. The number of nitrogen functional groups attached to an aromatic ring is 1. The summed E-state index contributed by atoms with van der Waals surface area (Å²) < 4.78 is 29.3. The summed E-state index contributed by atoms with van der Waals surface area (Å²) in [6, 6.07) is 10.6. The van der Waals surface area contributed by atoms with Crippen LogP contribution in [0.5, 0.6) is 0 Å². The summed E-state index contributed by atoms with van der Waals surface area (Å²) in [4.78, 5) is 4.49. The molecule has 0 radical (unpaired) electrons. The highest BCUT2D eigenvalue weighted by molar-refractivity contribution is 7.90. The number of halogens is 1. The predicted molar refractivity (Wildman–Crippen MR) is 109 cm³/mol. The Morgan fingerprint density at radius 2 is 2.04 bits per heavy atom. The molecule has 0 spiro atoms. The first-order valence-corrected chi connectivity index (χ1v) is 10.5. The van der Waals surface area contributed by atoms with Crippen LogP contribution in [-0.4, -0.2) is 14.3 Å². The third-order valence-electron chi connectivity index (χ3n) is 4.98. The summed E-state index contributed by atoms with van der Waals surface area (Å²) in [5.41, 5.74) is 7.90. The number of nitrogens with one attached hydrogen (secondary N) is 1. The van der Waals surface area contributed by atoms with Crippen LogP contribution >= 0.6 is 0 Å². The van der Waals surface area contributed by atoms with E-state index in [4.69, 9.17) is 5.73 Å². The lowest BCUT2D eigenvalue weighted by molar-refractivity contribution is 0.451. The molecule has 1 fully saturated rings. The quantitative estimate of drug-likeness (QED) is 0.541. The first kappa shape index (κ1) is 20.1. The third-order valence-corrected chi connectivity index (χ3v) is 6.59. The average Bonchev–Trinajstić information content (AvgIpc) is 3.46. The van der Waals surface area contributed by atoms with Crippen molar-refractivity contribution in [3.63, 3.8) is 0 Å². The first-order chi connectivity index (χ1) is 12.8. The van der Waals surface area contributed by atoms with Gasteiger partial charge in [0.25, 0.3) is 0 Å². The van der Waals surface area contributed by atoms with Crippen molar-refractivity contribution in [2.75, 3.05) is 5.73 Å². The van der Waals surface area contributed by atoms with E-state index in [1.54, 1.807) is 12.3 Å². The second-order valence-electron chi connectivity index (χ2n) is 8.27. The molecule has 0 bridgehead atoms. The topological polar surface area (TPSA) is 74.0 Å². The molecule has 0 aliphatic heterocycles. The molecular weight excluding hydrogens is 361 g/mol. The molecule has 1 aliphatic carbocycles. The lowest BCUT2D eigenvalue weighted by Crippen LogP contribution is -2.42. The molecule has 0 saturated heterocycles. The zero-order valence-corrected chi connectivity index (χ0v) is 16.9. The minimum atomic E-state index is -1.22. The Bertz CT molecular complexity index is 762. The van der Waals surface area contributed by atoms with Crippen molar-refractivity contribution in [2.45, 2.75) is 56.7 Å². The van der Waals surface area contributed by atoms with Gasteiger partial charge in [-0.15, -0.1) is 4.72 Å². The molecule has 1 saturated carbocycles. The number of nitrogens with two attached hydrogens (primary N) is 1. The van der Waals surface area contributed by atoms with Gasteiger partial charge in [0, 0.05) is 17.6 Å². The number of aromatic nitrogens is 1. The first-order valence-electron chi connectivity index (χ1n) is 9.39. The highest BCUT2D eigenvalue weighted by atomic mass is 32.2. The van der Waals surface area contributed by atoms with Gasteiger partial charge in [0.15, 0.2) is 0 Å². The minimum absolute atomic E-state index is 0.150. The Morgan fingerprint density at radius 1 is 1.30 bits per heavy atom. The Balaban J connectivity index is 1.87. The fraction of sp³-hybridized carbons (Fsp3) is 0.476. The van der Waals surface area contributed by atoms with Gasteiger partial charge in [-0.05, 0) is 81.7 Å². The molecule has 6 heteroatoms. The number of nitrogens with zero attached hydrogens (tertiary/aromatic N) is 1. The Kier molecular flexibility index (Phi) is 6.08. The van der Waals surface area contributed by atoms with Gasteiger partial charge in [-0.2, -0.15) is 0 Å². The average molecular weight is 390 g/mol. The lowest BCUT2D eigenvalue weighted by Gasteiger charge is -2.30. The van der Waals surface area contributed by atoms with Crippen LogP contribution in [0, 0.1) is 11.7 Å². The Morgan fingerprint density at radius 3 is 2.59 bits per heavy atom. The molecule has 1 heterocycles. The van der Waals surface area contributed by atoms with E-state index in [-0.39, 0.29) is 28.2 Å². The van der Waals surface area contributed by atoms with Crippen molar-refractivity contribution in [2.24, 2.45) is 5.92 Å². The number of benzene rings is 1. The van der Waals surface area contributed by atoms with Crippen LogP contribution in [0.15, 0.2) is 42.6 Å². The highest BCUT2D eigenvalue weighted by Crippen LogP contribution is 2.47. The fourth-order valence-corrected chi connectivity index (χ4v) is 4.09. The van der Waals surface area contributed by atoms with Crippen molar-refractivity contribution < 1.29 is 8.94 Å². The van der Waals surface area contributed by atoms with Gasteiger partial charge in [0.05, 0.1) is 17.4 Å². The van der Waals surface area contributed by atoms with Crippen molar-refractivity contribution in [3.05, 3.63) is 59.7 Å². The zero-order valence-electron chi connectivity index (χ0n) is 16.1. The lowest BCUT2D eigenvalue weighted by atomic mass is 9.87. The fourth-order valence-electron chi connectivity index (χ4n) is 3.26. The van der Waals surface area contributed by atoms with Crippen molar-refractivity contribution in [3.8, 4) is 0 Å². The highest BCUT2D eigenvalue weighted by Gasteiger charge is 2.37. The molecule has 2 aromatic rings. The molecule has 1 aromatic heterocycles. The monoisotopic (exact) mass is 389 g/mol. The van der Waals surface area contributed by atoms with Gasteiger partial charge >= 0.3 is 0 Å². The van der Waals surface area contributed by atoms with Crippen LogP contribution in [0.3, 0.4) is 0 Å². The molecule has 1 unspecified atom stereocenters. The van der Waals surface area contributed by atoms with Gasteiger partial charge in [0.2, 0.25) is 0 Å². The summed E-state index contributed by atoms with van der Waals surface area (Å²) in [6.45, 7) is 5.85. The minimum Gasteiger partial charge on any atom is -0.598 e. The van der Waals surface area contributed by atoms with Gasteiger partial charge in [0.1, 0.15) is 10.6 Å². The molecule has 3 rings (SSSR count). The van der Waals surface area contributed by atoms with E-state index in [1.165, 1.54) is 6.07 Å². The van der Waals surface area contributed by atoms with Crippen LogP contribution < -0.4 is 10.5 Å². The molecule has 1 aliphatic rings. The second-order valence-corrected chi connectivity index (χ2v) is 10.3. The van der Waals surface area contributed by atoms with Crippen molar-refractivity contribution >= 4 is 17.0 Å². The summed E-state index contributed by atoms with van der Waals surface area (Å²) in [7, 11) is 0. The van der Waals surface area contributed by atoms with Crippen molar-refractivity contribution in [1.82, 2.24) is 9.71 Å². The molecule has 27 heavy (non-hydrogen) atoms. The van der Waals surface area contributed by atoms with E-state index in [0.717, 1.165) is 30.5 Å². The maximum atomic E-state index is 13.6. The number of pyridine rings is 1. The normalized spacial score (nSPS) is 18.1. The SMILES string of the molecule is CC(C)(C)[S+]([O-])N[C@@H](C[C@H](c1ccc(F)c(N)c1)C1CC1)c1ccccn1. The van der Waals surface area contributed by atoms with Crippen LogP contribution in [0.4, 0.5) is 10.1 Å². The maximum Gasteiger partial charge on any atom is 0.146 e. The van der Waals surface area contributed by atoms with E-state index < -0.39 is 11.4 Å². The van der Waals surface area contributed by atoms with Gasteiger partial charge in [-0.1, -0.05) is 12.1 Å². The third kappa shape index (κ3) is 5.21. The molecule has 3 atom stereocenters. The molecule has 4 nitrogen and oxygen atoms in total. The molecule has 0 amide bonds. The van der Waals surface area contributed by atoms with Crippen molar-refractivity contribution in [1.29, 1.82) is 0 Å². The van der Waals surface area contributed by atoms with Crippen LogP contribution in [0.2, 0.25) is 0 Å². The molecule has 1 aromatic carbocycles. The van der Waals surface area contributed by atoms with E-state index in [2.05, 4.69) is 9.71 Å². The smallest absolute Gasteiger partial charge is 0.146 e. The number of rotatable bonds is 7. The number of hydrogen-bond donors (Lipinski definition) is 2. The molecule has 146 valence electrons. The second kappa shape index (κ2) is 8.17. The summed E-state index contributed by atoms with van der Waals surface area (Å²) in [6.07, 6.45) is 4.80. The van der Waals surface area contributed by atoms with Crippen LogP contribution in [0.1, 0.15) is 63.3 Å². The van der Waals surface area contributed by atoms with Gasteiger partial charge in [-0.25, -0.2) is 4.39 Å². The molecule has 3 N–H and O–H groups in total. The van der Waals surface area contributed by atoms with E-state index >= 15 is 0 Å². The maximum absolute atomic E-state index is 13.6. The Hall–Kier alpha value is -1.63. The van der Waals surface area contributed by atoms with Crippen LogP contribution in [0.25, 0.3) is 0 Å². The standard InChI is InChI=1S/C21H28FN3OS/c1-21(2,3)27(26)25-20(19-6-4-5-11-24-19)13-16(14-7-8-14)15-9-10-17(22)18(23)12-15/h4-6,9-12,14,16,20,25H,7-8,13,23H2,1-3H3/t16-,20-,27?/m0/s1. The van der Waals surface area contributed by atoms with E-state index in [0.29, 0.717) is 5.92 Å². The van der Waals surface area contributed by atoms with E-state index in [1.807, 2.05) is 45.0 Å². The van der Waals surface area contributed by atoms with Crippen LogP contribution in [-0.2, 0) is 11.4 Å². The number of anilines is 1. The summed E-state index contributed by atoms with van der Waals surface area (Å²) in [5.74, 6) is 0.386. The number of hydrogen-bond acceptors (Lipinski definition) is 4. The predicted octanol–water partition coefficient (Wildman–Crippen LogP) is 4.48. The zero-order chi connectivity index (χ0) is 19.6. The van der Waals surface area contributed by atoms with Gasteiger partial charge in [-0.3, -0.25) is 4.98 Å².